The molecule has 1 aliphatic rings. The quantitative estimate of drug-likeness (QED) is 0.636. The van der Waals surface area contributed by atoms with Crippen molar-refractivity contribution in [2.24, 2.45) is 0 Å². The summed E-state index contributed by atoms with van der Waals surface area (Å²) < 4.78 is 4.81. The molecule has 0 aliphatic heterocycles. The van der Waals surface area contributed by atoms with Crippen LogP contribution in [0.3, 0.4) is 0 Å². The molecule has 0 radical (unpaired) electrons. The Morgan fingerprint density at radius 3 is 2.31 bits per heavy atom. The molecule has 0 saturated carbocycles. The van der Waals surface area contributed by atoms with Crippen LogP contribution in [0.2, 0.25) is 0 Å². The topological polar surface area (TPSA) is 53.0 Å². The number of fused-ring (bicyclic) bond motifs is 1. The van der Waals surface area contributed by atoms with Crippen molar-refractivity contribution in [3.8, 4) is 0 Å². The summed E-state index contributed by atoms with van der Waals surface area (Å²) in [5, 5.41) is 15.7. The van der Waals surface area contributed by atoms with E-state index in [1.54, 1.807) is 0 Å². The minimum absolute atomic E-state index is 0.0633. The van der Waals surface area contributed by atoms with Gasteiger partial charge in [0.2, 0.25) is 11.4 Å². The molecule has 0 fully saturated rings. The highest BCUT2D eigenvalue weighted by atomic mass is 16.8. The average Bonchev–Trinajstić information content (AvgIpc) is 2.55. The van der Waals surface area contributed by atoms with Crippen molar-refractivity contribution in [3.63, 3.8) is 0 Å². The molecule has 90 valence electrons. The van der Waals surface area contributed by atoms with E-state index in [2.05, 4.69) is 32.9 Å². The number of nitrogens with zero attached hydrogens (tertiary/aromatic N) is 2. The zero-order valence-electron chi connectivity index (χ0n) is 10.5. The summed E-state index contributed by atoms with van der Waals surface area (Å²) in [6.45, 7) is 8.46. The van der Waals surface area contributed by atoms with Gasteiger partial charge >= 0.3 is 0 Å². The average molecular weight is 224 g/mol. The van der Waals surface area contributed by atoms with Crippen LogP contribution in [0.4, 0.5) is 0 Å². The van der Waals surface area contributed by atoms with Gasteiger partial charge in [0.1, 0.15) is 0 Å². The molecule has 1 aromatic rings. The summed E-state index contributed by atoms with van der Waals surface area (Å²) in [4.78, 5) is 0.600. The van der Waals surface area contributed by atoms with Gasteiger partial charge in [0, 0.05) is 16.0 Å². The lowest BCUT2D eigenvalue weighted by Gasteiger charge is -2.29. The first-order valence-electron chi connectivity index (χ1n) is 5.95. The van der Waals surface area contributed by atoms with E-state index < -0.39 is 0 Å². The van der Waals surface area contributed by atoms with Gasteiger partial charge in [0.05, 0.1) is 0 Å². The highest BCUT2D eigenvalue weighted by Gasteiger charge is 2.42. The van der Waals surface area contributed by atoms with Crippen LogP contribution >= 0.6 is 0 Å². The summed E-state index contributed by atoms with van der Waals surface area (Å²) in [6, 6.07) is 0. The molecule has 0 atom stereocenters. The zero-order chi connectivity index (χ0) is 12.0. The predicted molar refractivity (Wildman–Crippen MR) is 60.0 cm³/mol. The smallest absolute Gasteiger partial charge is 0.227 e. The Bertz CT molecular complexity index is 394. The van der Waals surface area contributed by atoms with Crippen LogP contribution in [-0.4, -0.2) is 5.16 Å². The molecule has 1 aliphatic carbocycles. The van der Waals surface area contributed by atoms with Crippen LogP contribution < -0.4 is 4.90 Å². The molecule has 2 rings (SSSR count). The molecule has 16 heavy (non-hydrogen) atoms. The molecule has 4 heteroatoms. The summed E-state index contributed by atoms with van der Waals surface area (Å²) in [6.07, 6.45) is 4.41. The first-order chi connectivity index (χ1) is 7.34. The highest BCUT2D eigenvalue weighted by molar-refractivity contribution is 5.23. The maximum Gasteiger partial charge on any atom is 0.227 e. The minimum atomic E-state index is -0.144. The van der Waals surface area contributed by atoms with Gasteiger partial charge in [-0.2, -0.15) is 0 Å². The SMILES string of the molecule is CC1(C)CCCCC(C)(C)c2c1no[n+]2[O-]. The fraction of sp³-hybridized carbons (Fsp3) is 0.833. The minimum Gasteiger partial charge on any atom is -0.359 e. The van der Waals surface area contributed by atoms with Gasteiger partial charge in [-0.15, -0.1) is 0 Å². The van der Waals surface area contributed by atoms with Crippen LogP contribution in [0.5, 0.6) is 0 Å². The van der Waals surface area contributed by atoms with E-state index >= 15 is 0 Å². The second kappa shape index (κ2) is 3.47. The van der Waals surface area contributed by atoms with Crippen LogP contribution in [0.1, 0.15) is 64.8 Å². The van der Waals surface area contributed by atoms with Crippen molar-refractivity contribution in [1.29, 1.82) is 0 Å². The lowest BCUT2D eigenvalue weighted by molar-refractivity contribution is -0.810. The van der Waals surface area contributed by atoms with Crippen molar-refractivity contribution in [3.05, 3.63) is 16.6 Å². The third kappa shape index (κ3) is 1.70. The van der Waals surface area contributed by atoms with Crippen molar-refractivity contribution in [2.75, 3.05) is 0 Å². The van der Waals surface area contributed by atoms with Gasteiger partial charge in [-0.25, -0.2) is 0 Å². The monoisotopic (exact) mass is 224 g/mol. The molecule has 0 unspecified atom stereocenters. The van der Waals surface area contributed by atoms with Gasteiger partial charge in [0.15, 0.2) is 0 Å². The fourth-order valence-electron chi connectivity index (χ4n) is 2.63. The molecular formula is C12H20N2O2. The third-order valence-electron chi connectivity index (χ3n) is 3.75. The summed E-state index contributed by atoms with van der Waals surface area (Å²) in [5.74, 6) is 0. The standard InChI is InChI=1S/C12H20N2O2/c1-11(2)7-5-6-8-12(3,4)10-9(11)13-16-14(10)15/h5-8H2,1-4H3. The Balaban J connectivity index is 2.59. The van der Waals surface area contributed by atoms with Gasteiger partial charge in [-0.3, -0.25) is 4.63 Å². The maximum absolute atomic E-state index is 11.7. The van der Waals surface area contributed by atoms with E-state index in [0.717, 1.165) is 30.7 Å². The molecule has 1 aromatic heterocycles. The van der Waals surface area contributed by atoms with E-state index in [-0.39, 0.29) is 10.8 Å². The molecule has 4 nitrogen and oxygen atoms in total. The molecule has 0 spiro atoms. The lowest BCUT2D eigenvalue weighted by Crippen LogP contribution is -2.40. The van der Waals surface area contributed by atoms with Gasteiger partial charge in [-0.05, 0) is 17.7 Å². The Morgan fingerprint density at radius 1 is 1.12 bits per heavy atom. The normalized spacial score (nSPS) is 23.2. The molecular weight excluding hydrogens is 204 g/mol. The second-order valence-electron chi connectivity index (χ2n) is 6.10. The number of rotatable bonds is 0. The van der Waals surface area contributed by atoms with Crippen LogP contribution in [0.15, 0.2) is 4.63 Å². The van der Waals surface area contributed by atoms with Crippen LogP contribution in [0, 0.1) is 5.21 Å². The molecule has 0 aromatic carbocycles. The number of aromatic nitrogens is 2. The summed E-state index contributed by atoms with van der Waals surface area (Å²) >= 11 is 0. The van der Waals surface area contributed by atoms with Crippen molar-refractivity contribution >= 4 is 0 Å². The Labute approximate surface area is 96.2 Å². The molecule has 0 saturated heterocycles. The van der Waals surface area contributed by atoms with Crippen molar-refractivity contribution in [1.82, 2.24) is 5.16 Å². The van der Waals surface area contributed by atoms with E-state index in [1.807, 2.05) is 0 Å². The molecule has 1 heterocycles. The molecule has 0 N–H and O–H groups in total. The van der Waals surface area contributed by atoms with E-state index in [1.165, 1.54) is 6.42 Å². The van der Waals surface area contributed by atoms with Crippen LogP contribution in [0.25, 0.3) is 0 Å². The fourth-order valence-corrected chi connectivity index (χ4v) is 2.63. The Hall–Kier alpha value is -1.06. The summed E-state index contributed by atoms with van der Waals surface area (Å²) in [7, 11) is 0. The van der Waals surface area contributed by atoms with Gasteiger partial charge in [-0.1, -0.05) is 40.5 Å². The van der Waals surface area contributed by atoms with E-state index in [4.69, 9.17) is 4.63 Å². The Kier molecular flexibility index (Phi) is 2.48. The number of hydrogen-bond acceptors (Lipinski definition) is 3. The zero-order valence-corrected chi connectivity index (χ0v) is 10.5. The number of hydrogen-bond donors (Lipinski definition) is 0. The highest BCUT2D eigenvalue weighted by Crippen LogP contribution is 2.39. The Morgan fingerprint density at radius 2 is 1.69 bits per heavy atom. The first kappa shape index (κ1) is 11.4. The lowest BCUT2D eigenvalue weighted by atomic mass is 9.72. The first-order valence-corrected chi connectivity index (χ1v) is 5.95. The van der Waals surface area contributed by atoms with E-state index in [0.29, 0.717) is 4.90 Å². The third-order valence-corrected chi connectivity index (χ3v) is 3.75. The van der Waals surface area contributed by atoms with E-state index in [9.17, 15) is 5.21 Å². The van der Waals surface area contributed by atoms with Crippen LogP contribution in [-0.2, 0) is 10.8 Å². The maximum atomic E-state index is 11.7. The predicted octanol–water partition coefficient (Wildman–Crippen LogP) is 2.44. The van der Waals surface area contributed by atoms with Crippen molar-refractivity contribution in [2.45, 2.75) is 64.2 Å². The molecule has 0 amide bonds. The molecule has 0 bridgehead atoms. The summed E-state index contributed by atoms with van der Waals surface area (Å²) in [5.41, 5.74) is 1.35. The largest absolute Gasteiger partial charge is 0.359 e. The van der Waals surface area contributed by atoms with Gasteiger partial charge < -0.3 is 5.21 Å². The van der Waals surface area contributed by atoms with Crippen molar-refractivity contribution < 1.29 is 9.53 Å². The van der Waals surface area contributed by atoms with Gasteiger partial charge in [0.25, 0.3) is 0 Å². The second-order valence-corrected chi connectivity index (χ2v) is 6.10.